The molecule has 1 aromatic carbocycles. The van der Waals surface area contributed by atoms with Crippen LogP contribution in [0.15, 0.2) is 66.8 Å². The minimum absolute atomic E-state index is 0. The van der Waals surface area contributed by atoms with Crippen LogP contribution in [-0.4, -0.2) is 0 Å². The quantitative estimate of drug-likeness (QED) is 0.597. The van der Waals surface area contributed by atoms with Crippen LogP contribution in [0.5, 0.6) is 0 Å². The number of hydrogen-bond acceptors (Lipinski definition) is 0. The highest BCUT2D eigenvalue weighted by Gasteiger charge is 2.13. The Hall–Kier alpha value is -1.82. The summed E-state index contributed by atoms with van der Waals surface area (Å²) >= 11 is 0. The van der Waals surface area contributed by atoms with E-state index in [1.165, 1.54) is 22.3 Å². The lowest BCUT2D eigenvalue weighted by molar-refractivity contribution is 0.689. The first kappa shape index (κ1) is 18.2. The van der Waals surface area contributed by atoms with Gasteiger partial charge in [0.05, 0.1) is 0 Å². The highest BCUT2D eigenvalue weighted by atomic mass is 14.2. The number of fused-ring (bicyclic) bond motifs is 1. The maximum Gasteiger partial charge on any atom is -0.0144 e. The van der Waals surface area contributed by atoms with Crippen molar-refractivity contribution in [2.75, 3.05) is 0 Å². The molecule has 0 spiro atoms. The first-order valence-electron chi connectivity index (χ1n) is 7.01. The molecule has 20 heavy (non-hydrogen) atoms. The summed E-state index contributed by atoms with van der Waals surface area (Å²) in [4.78, 5) is 0. The molecule has 1 aliphatic rings. The molecule has 0 nitrogen and oxygen atoms in total. The van der Waals surface area contributed by atoms with E-state index >= 15 is 0 Å². The standard InChI is InChI=1S/C17H18.C2H6.CH4/c1-4-14-10-11-15-8-6-7-9-16(15)12-13(3)17(14)5-2;1-2;/h4-11,13H,1-2,12H2,3H3;1-2H3;1H4/b11-10-,17-14-;;. The van der Waals surface area contributed by atoms with Gasteiger partial charge in [-0.25, -0.2) is 0 Å². The summed E-state index contributed by atoms with van der Waals surface area (Å²) in [7, 11) is 0. The second kappa shape index (κ2) is 9.14. The van der Waals surface area contributed by atoms with Crippen LogP contribution >= 0.6 is 0 Å². The van der Waals surface area contributed by atoms with Crippen molar-refractivity contribution in [1.82, 2.24) is 0 Å². The fourth-order valence-corrected chi connectivity index (χ4v) is 2.39. The van der Waals surface area contributed by atoms with E-state index < -0.39 is 0 Å². The van der Waals surface area contributed by atoms with Crippen LogP contribution in [0.2, 0.25) is 0 Å². The molecule has 0 aromatic heterocycles. The van der Waals surface area contributed by atoms with Gasteiger partial charge in [-0.2, -0.15) is 0 Å². The molecule has 1 aliphatic carbocycles. The van der Waals surface area contributed by atoms with Crippen LogP contribution in [0.4, 0.5) is 0 Å². The van der Waals surface area contributed by atoms with E-state index in [9.17, 15) is 0 Å². The maximum atomic E-state index is 3.92. The summed E-state index contributed by atoms with van der Waals surface area (Å²) in [5.74, 6) is 0.478. The van der Waals surface area contributed by atoms with Crippen molar-refractivity contribution in [2.45, 2.75) is 34.6 Å². The minimum atomic E-state index is 0. The lowest BCUT2D eigenvalue weighted by atomic mass is 9.86. The van der Waals surface area contributed by atoms with Gasteiger partial charge in [0.1, 0.15) is 0 Å². The Bertz CT molecular complexity index is 501. The highest BCUT2D eigenvalue weighted by molar-refractivity contribution is 5.61. The Labute approximate surface area is 125 Å². The molecule has 1 atom stereocenters. The van der Waals surface area contributed by atoms with Crippen molar-refractivity contribution in [3.63, 3.8) is 0 Å². The van der Waals surface area contributed by atoms with E-state index in [0.717, 1.165) is 6.42 Å². The summed E-state index contributed by atoms with van der Waals surface area (Å²) < 4.78 is 0. The molecular weight excluding hydrogens is 240 g/mol. The second-order valence-corrected chi connectivity index (χ2v) is 4.46. The van der Waals surface area contributed by atoms with E-state index in [-0.39, 0.29) is 7.43 Å². The molecule has 0 aliphatic heterocycles. The van der Waals surface area contributed by atoms with E-state index in [0.29, 0.717) is 5.92 Å². The monoisotopic (exact) mass is 268 g/mol. The molecule has 0 N–H and O–H groups in total. The van der Waals surface area contributed by atoms with E-state index in [2.05, 4.69) is 56.5 Å². The summed E-state index contributed by atoms with van der Waals surface area (Å²) in [6.07, 6.45) is 9.23. The zero-order valence-corrected chi connectivity index (χ0v) is 12.3. The Morgan fingerprint density at radius 1 is 1.05 bits per heavy atom. The Morgan fingerprint density at radius 3 is 2.30 bits per heavy atom. The lowest BCUT2D eigenvalue weighted by Crippen LogP contribution is -2.06. The molecule has 0 bridgehead atoms. The van der Waals surface area contributed by atoms with Crippen molar-refractivity contribution in [2.24, 2.45) is 5.92 Å². The maximum absolute atomic E-state index is 3.92. The van der Waals surface area contributed by atoms with Gasteiger partial charge in [0.2, 0.25) is 0 Å². The zero-order valence-electron chi connectivity index (χ0n) is 12.3. The third kappa shape index (κ3) is 4.09. The Morgan fingerprint density at radius 2 is 1.70 bits per heavy atom. The molecule has 0 saturated heterocycles. The summed E-state index contributed by atoms with van der Waals surface area (Å²) in [5.41, 5.74) is 5.17. The summed E-state index contributed by atoms with van der Waals surface area (Å²) in [5, 5.41) is 0. The van der Waals surface area contributed by atoms with Gasteiger partial charge in [-0.1, -0.05) is 89.9 Å². The number of hydrogen-bond donors (Lipinski definition) is 0. The average Bonchev–Trinajstić information content (AvgIpc) is 2.45. The van der Waals surface area contributed by atoms with Crippen LogP contribution in [0.25, 0.3) is 6.08 Å². The molecule has 1 unspecified atom stereocenters. The van der Waals surface area contributed by atoms with Gasteiger partial charge in [0, 0.05) is 0 Å². The van der Waals surface area contributed by atoms with E-state index in [4.69, 9.17) is 0 Å². The molecule has 0 saturated carbocycles. The van der Waals surface area contributed by atoms with E-state index in [1.54, 1.807) is 0 Å². The first-order valence-corrected chi connectivity index (χ1v) is 7.01. The summed E-state index contributed by atoms with van der Waals surface area (Å²) in [6.45, 7) is 14.1. The zero-order chi connectivity index (χ0) is 14.3. The fourth-order valence-electron chi connectivity index (χ4n) is 2.39. The van der Waals surface area contributed by atoms with Crippen LogP contribution in [-0.2, 0) is 6.42 Å². The normalized spacial score (nSPS) is 21.9. The van der Waals surface area contributed by atoms with Crippen molar-refractivity contribution in [1.29, 1.82) is 0 Å². The van der Waals surface area contributed by atoms with Crippen LogP contribution in [0.1, 0.15) is 39.3 Å². The Balaban J connectivity index is 0.00000115. The van der Waals surface area contributed by atoms with Gasteiger partial charge < -0.3 is 0 Å². The van der Waals surface area contributed by atoms with Crippen molar-refractivity contribution in [3.8, 4) is 0 Å². The SMILES string of the molecule is C.C=CC1=C(\C=C)C(C)Cc2ccccc2/C=C\1.CC. The van der Waals surface area contributed by atoms with Gasteiger partial charge in [-0.15, -0.1) is 0 Å². The van der Waals surface area contributed by atoms with Crippen LogP contribution in [0, 0.1) is 5.92 Å². The number of benzene rings is 1. The lowest BCUT2D eigenvalue weighted by Gasteiger charge is -2.19. The van der Waals surface area contributed by atoms with Crippen LogP contribution in [0.3, 0.4) is 0 Å². The minimum Gasteiger partial charge on any atom is -0.0988 e. The van der Waals surface area contributed by atoms with Gasteiger partial charge in [0.25, 0.3) is 0 Å². The van der Waals surface area contributed by atoms with Crippen molar-refractivity contribution < 1.29 is 0 Å². The molecule has 0 fully saturated rings. The molecular formula is C20H28. The third-order valence-corrected chi connectivity index (χ3v) is 3.33. The van der Waals surface area contributed by atoms with Gasteiger partial charge in [-0.05, 0) is 34.6 Å². The molecule has 0 amide bonds. The molecule has 0 heteroatoms. The molecule has 0 heterocycles. The average molecular weight is 268 g/mol. The van der Waals surface area contributed by atoms with E-state index in [1.807, 2.05) is 26.0 Å². The summed E-state index contributed by atoms with van der Waals surface area (Å²) in [6, 6.07) is 8.56. The van der Waals surface area contributed by atoms with Gasteiger partial charge in [-0.3, -0.25) is 0 Å². The van der Waals surface area contributed by atoms with Crippen molar-refractivity contribution >= 4 is 6.08 Å². The first-order chi connectivity index (χ1) is 9.26. The van der Waals surface area contributed by atoms with Crippen LogP contribution < -0.4 is 0 Å². The largest absolute Gasteiger partial charge is 0.0988 e. The Kier molecular flexibility index (Phi) is 8.31. The number of allylic oxidation sites excluding steroid dienone is 5. The molecule has 0 radical (unpaired) electrons. The second-order valence-electron chi connectivity index (χ2n) is 4.46. The van der Waals surface area contributed by atoms with Gasteiger partial charge in [0.15, 0.2) is 0 Å². The van der Waals surface area contributed by atoms with Gasteiger partial charge >= 0.3 is 0 Å². The topological polar surface area (TPSA) is 0 Å². The molecule has 1 aromatic rings. The number of rotatable bonds is 2. The predicted octanol–water partition coefficient (Wildman–Crippen LogP) is 6.22. The fraction of sp³-hybridized carbons (Fsp3) is 0.300. The predicted molar refractivity (Wildman–Crippen MR) is 93.8 cm³/mol. The smallest absolute Gasteiger partial charge is 0.0144 e. The molecule has 108 valence electrons. The third-order valence-electron chi connectivity index (χ3n) is 3.33. The molecule has 2 rings (SSSR count). The highest BCUT2D eigenvalue weighted by Crippen LogP contribution is 2.27. The van der Waals surface area contributed by atoms with Crippen molar-refractivity contribution in [3.05, 3.63) is 77.9 Å².